The fourth-order valence-corrected chi connectivity index (χ4v) is 3.10. The van der Waals surface area contributed by atoms with Crippen molar-refractivity contribution in [1.29, 1.82) is 0 Å². The van der Waals surface area contributed by atoms with Gasteiger partial charge in [-0.05, 0) is 38.0 Å². The van der Waals surface area contributed by atoms with Crippen LogP contribution in [0.15, 0.2) is 18.2 Å². The maximum absolute atomic E-state index is 12.7. The molecule has 1 fully saturated rings. The summed E-state index contributed by atoms with van der Waals surface area (Å²) in [5.41, 5.74) is 0.502. The first-order valence-electron chi connectivity index (χ1n) is 7.51. The Balaban J connectivity index is 1.82. The van der Waals surface area contributed by atoms with Crippen LogP contribution in [0.25, 0.3) is 0 Å². The van der Waals surface area contributed by atoms with Crippen molar-refractivity contribution < 1.29 is 24.2 Å². The van der Waals surface area contributed by atoms with Crippen molar-refractivity contribution in [3.8, 4) is 11.5 Å². The molecule has 3 rings (SSSR count). The lowest BCUT2D eigenvalue weighted by Crippen LogP contribution is -2.49. The van der Waals surface area contributed by atoms with Crippen molar-refractivity contribution in [2.45, 2.75) is 25.8 Å². The molecule has 2 aliphatic rings. The Bertz CT molecular complexity index is 600. The Hall–Kier alpha value is -2.24. The predicted molar refractivity (Wildman–Crippen MR) is 78.3 cm³/mol. The monoisotopic (exact) mass is 305 g/mol. The van der Waals surface area contributed by atoms with Crippen molar-refractivity contribution >= 4 is 11.9 Å². The molecule has 1 saturated heterocycles. The largest absolute Gasteiger partial charge is 0.486 e. The summed E-state index contributed by atoms with van der Waals surface area (Å²) < 4.78 is 10.9. The first-order valence-corrected chi connectivity index (χ1v) is 7.51. The van der Waals surface area contributed by atoms with Crippen LogP contribution in [0.2, 0.25) is 0 Å². The van der Waals surface area contributed by atoms with Gasteiger partial charge in [0.2, 0.25) is 0 Å². The third-order valence-electron chi connectivity index (χ3n) is 4.36. The van der Waals surface area contributed by atoms with Crippen molar-refractivity contribution in [3.63, 3.8) is 0 Å². The Morgan fingerprint density at radius 1 is 1.23 bits per heavy atom. The summed E-state index contributed by atoms with van der Waals surface area (Å²) in [6, 6.07) is 4.79. The van der Waals surface area contributed by atoms with Gasteiger partial charge in [-0.1, -0.05) is 0 Å². The highest BCUT2D eigenvalue weighted by Crippen LogP contribution is 2.32. The number of aliphatic carboxylic acids is 1. The minimum Gasteiger partial charge on any atom is -0.486 e. The van der Waals surface area contributed by atoms with E-state index in [1.54, 1.807) is 30.0 Å². The van der Waals surface area contributed by atoms with Crippen molar-refractivity contribution in [1.82, 2.24) is 4.90 Å². The van der Waals surface area contributed by atoms with Crippen molar-refractivity contribution in [3.05, 3.63) is 23.8 Å². The molecule has 0 saturated carbocycles. The van der Waals surface area contributed by atoms with Crippen LogP contribution in [0.5, 0.6) is 11.5 Å². The van der Waals surface area contributed by atoms with Crippen LogP contribution in [-0.4, -0.2) is 47.7 Å². The number of nitrogens with zero attached hydrogens (tertiary/aromatic N) is 1. The van der Waals surface area contributed by atoms with Crippen LogP contribution in [0.1, 0.15) is 30.1 Å². The van der Waals surface area contributed by atoms with Crippen LogP contribution in [0.3, 0.4) is 0 Å². The number of likely N-dealkylation sites (tertiary alicyclic amines) is 1. The number of amides is 1. The van der Waals surface area contributed by atoms with Gasteiger partial charge in [-0.15, -0.1) is 0 Å². The highest BCUT2D eigenvalue weighted by Gasteiger charge is 2.35. The van der Waals surface area contributed by atoms with E-state index in [1.165, 1.54) is 0 Å². The van der Waals surface area contributed by atoms with Gasteiger partial charge < -0.3 is 19.5 Å². The Morgan fingerprint density at radius 2 is 1.95 bits per heavy atom. The molecule has 2 atom stereocenters. The van der Waals surface area contributed by atoms with Gasteiger partial charge in [0.1, 0.15) is 13.2 Å². The average molecular weight is 305 g/mol. The molecule has 6 heteroatoms. The maximum atomic E-state index is 12.7. The summed E-state index contributed by atoms with van der Waals surface area (Å²) in [5, 5.41) is 9.26. The zero-order chi connectivity index (χ0) is 15.7. The lowest BCUT2D eigenvalue weighted by Gasteiger charge is -2.37. The first kappa shape index (κ1) is 14.7. The third kappa shape index (κ3) is 2.61. The molecule has 6 nitrogen and oxygen atoms in total. The van der Waals surface area contributed by atoms with E-state index in [0.717, 1.165) is 0 Å². The van der Waals surface area contributed by atoms with Gasteiger partial charge in [0.25, 0.3) is 5.91 Å². The lowest BCUT2D eigenvalue weighted by molar-refractivity contribution is -0.144. The average Bonchev–Trinajstić information content (AvgIpc) is 2.53. The summed E-state index contributed by atoms with van der Waals surface area (Å²) in [4.78, 5) is 25.6. The van der Waals surface area contributed by atoms with Crippen LogP contribution in [0, 0.1) is 5.92 Å². The van der Waals surface area contributed by atoms with Crippen LogP contribution >= 0.6 is 0 Å². The highest BCUT2D eigenvalue weighted by atomic mass is 16.6. The first-order chi connectivity index (χ1) is 10.6. The standard InChI is InChI=1S/C16H19NO5/c1-10-12(16(19)20)3-2-6-17(10)15(18)11-4-5-13-14(9-11)22-8-7-21-13/h4-5,9-10,12H,2-3,6-8H2,1H3,(H,19,20)/t10-,12-/m1/s1. The van der Waals surface area contributed by atoms with E-state index in [4.69, 9.17) is 9.47 Å². The summed E-state index contributed by atoms with van der Waals surface area (Å²) in [5.74, 6) is -0.299. The molecule has 0 aliphatic carbocycles. The summed E-state index contributed by atoms with van der Waals surface area (Å²) >= 11 is 0. The second-order valence-electron chi connectivity index (χ2n) is 5.68. The normalized spacial score (nSPS) is 24.0. The molecular formula is C16H19NO5. The van der Waals surface area contributed by atoms with E-state index in [-0.39, 0.29) is 11.9 Å². The molecule has 2 heterocycles. The van der Waals surface area contributed by atoms with Crippen LogP contribution in [0.4, 0.5) is 0 Å². The number of carbonyl (C=O) groups excluding carboxylic acids is 1. The Labute approximate surface area is 128 Å². The third-order valence-corrected chi connectivity index (χ3v) is 4.36. The van der Waals surface area contributed by atoms with Crippen molar-refractivity contribution in [2.75, 3.05) is 19.8 Å². The zero-order valence-corrected chi connectivity index (χ0v) is 12.4. The molecule has 1 aromatic carbocycles. The molecule has 1 N–H and O–H groups in total. The lowest BCUT2D eigenvalue weighted by atomic mass is 9.90. The Morgan fingerprint density at radius 3 is 2.68 bits per heavy atom. The molecule has 0 unspecified atom stereocenters. The number of rotatable bonds is 2. The van der Waals surface area contributed by atoms with Gasteiger partial charge in [-0.3, -0.25) is 9.59 Å². The molecule has 0 radical (unpaired) electrons. The van der Waals surface area contributed by atoms with Crippen LogP contribution in [-0.2, 0) is 4.79 Å². The van der Waals surface area contributed by atoms with Gasteiger partial charge in [-0.25, -0.2) is 0 Å². The molecule has 0 spiro atoms. The molecule has 118 valence electrons. The summed E-state index contributed by atoms with van der Waals surface area (Å²) in [6.07, 6.45) is 1.32. The fourth-order valence-electron chi connectivity index (χ4n) is 3.10. The molecular weight excluding hydrogens is 286 g/mol. The SMILES string of the molecule is C[C@@H]1[C@H](C(=O)O)CCCN1C(=O)c1ccc2c(c1)OCCO2. The van der Waals surface area contributed by atoms with Gasteiger partial charge in [-0.2, -0.15) is 0 Å². The topological polar surface area (TPSA) is 76.1 Å². The van der Waals surface area contributed by atoms with Crippen molar-refractivity contribution in [2.24, 2.45) is 5.92 Å². The Kier molecular flexibility index (Phi) is 3.92. The van der Waals surface area contributed by atoms with Gasteiger partial charge >= 0.3 is 5.97 Å². The zero-order valence-electron chi connectivity index (χ0n) is 12.4. The minimum absolute atomic E-state index is 0.157. The second kappa shape index (κ2) is 5.87. The number of hydrogen-bond donors (Lipinski definition) is 1. The van der Waals surface area contributed by atoms with E-state index < -0.39 is 11.9 Å². The minimum atomic E-state index is -0.841. The molecule has 22 heavy (non-hydrogen) atoms. The van der Waals surface area contributed by atoms with E-state index in [1.807, 2.05) is 0 Å². The number of carboxylic acids is 1. The maximum Gasteiger partial charge on any atom is 0.308 e. The van der Waals surface area contributed by atoms with E-state index in [9.17, 15) is 14.7 Å². The number of hydrogen-bond acceptors (Lipinski definition) is 4. The number of benzene rings is 1. The smallest absolute Gasteiger partial charge is 0.308 e. The number of ether oxygens (including phenoxy) is 2. The molecule has 0 bridgehead atoms. The van der Waals surface area contributed by atoms with E-state index in [2.05, 4.69) is 0 Å². The van der Waals surface area contributed by atoms with Gasteiger partial charge in [0.15, 0.2) is 11.5 Å². The fraction of sp³-hybridized carbons (Fsp3) is 0.500. The molecule has 1 amide bonds. The number of fused-ring (bicyclic) bond motifs is 1. The molecule has 1 aromatic rings. The summed E-state index contributed by atoms with van der Waals surface area (Å²) in [6.45, 7) is 3.35. The number of carbonyl (C=O) groups is 2. The number of carboxylic acid groups (broad SMARTS) is 1. The predicted octanol–water partition coefficient (Wildman–Crippen LogP) is 1.78. The molecule has 2 aliphatic heterocycles. The molecule has 0 aromatic heterocycles. The van der Waals surface area contributed by atoms with Gasteiger partial charge in [0, 0.05) is 18.2 Å². The number of piperidine rings is 1. The highest BCUT2D eigenvalue weighted by molar-refractivity contribution is 5.95. The summed E-state index contributed by atoms with van der Waals surface area (Å²) in [7, 11) is 0. The van der Waals surface area contributed by atoms with Gasteiger partial charge in [0.05, 0.1) is 5.92 Å². The quantitative estimate of drug-likeness (QED) is 0.901. The second-order valence-corrected chi connectivity index (χ2v) is 5.68. The van der Waals surface area contributed by atoms with E-state index >= 15 is 0 Å². The van der Waals surface area contributed by atoms with Crippen LogP contribution < -0.4 is 9.47 Å². The van der Waals surface area contributed by atoms with E-state index in [0.29, 0.717) is 49.7 Å².